The minimum absolute atomic E-state index is 0.0133. The van der Waals surface area contributed by atoms with Crippen LogP contribution in [0.3, 0.4) is 0 Å². The first kappa shape index (κ1) is 8.52. The lowest BCUT2D eigenvalue weighted by molar-refractivity contribution is -0.0909. The Labute approximate surface area is 73.9 Å². The van der Waals surface area contributed by atoms with Crippen molar-refractivity contribution < 1.29 is 9.84 Å². The molecule has 0 amide bonds. The average molecular weight is 170 g/mol. The van der Waals surface area contributed by atoms with E-state index in [1.807, 2.05) is 0 Å². The van der Waals surface area contributed by atoms with Gasteiger partial charge in [-0.3, -0.25) is 0 Å². The predicted octanol–water partition coefficient (Wildman–Crippen LogP) is 1.72. The van der Waals surface area contributed by atoms with Crippen LogP contribution in [0, 0.1) is 5.41 Å². The van der Waals surface area contributed by atoms with Gasteiger partial charge in [-0.15, -0.1) is 0 Å². The van der Waals surface area contributed by atoms with Crippen molar-refractivity contribution in [3.63, 3.8) is 0 Å². The quantitative estimate of drug-likeness (QED) is 0.649. The van der Waals surface area contributed by atoms with Crippen molar-refractivity contribution in [3.8, 4) is 0 Å². The molecule has 0 radical (unpaired) electrons. The SMILES string of the molecule is COC1CCCC2(CC(O)C2)C1. The molecule has 1 atom stereocenters. The van der Waals surface area contributed by atoms with Crippen molar-refractivity contribution >= 4 is 0 Å². The normalized spacial score (nSPS) is 47.5. The Bertz CT molecular complexity index is 156. The van der Waals surface area contributed by atoms with E-state index in [9.17, 15) is 5.11 Å². The fraction of sp³-hybridized carbons (Fsp3) is 1.00. The molecule has 2 rings (SSSR count). The summed E-state index contributed by atoms with van der Waals surface area (Å²) in [4.78, 5) is 0. The number of rotatable bonds is 1. The highest BCUT2D eigenvalue weighted by Crippen LogP contribution is 2.51. The van der Waals surface area contributed by atoms with Crippen molar-refractivity contribution in [2.75, 3.05) is 7.11 Å². The zero-order valence-corrected chi connectivity index (χ0v) is 7.75. The van der Waals surface area contributed by atoms with E-state index in [2.05, 4.69) is 0 Å². The van der Waals surface area contributed by atoms with Gasteiger partial charge in [-0.2, -0.15) is 0 Å². The van der Waals surface area contributed by atoms with Gasteiger partial charge in [-0.25, -0.2) is 0 Å². The minimum Gasteiger partial charge on any atom is -0.393 e. The van der Waals surface area contributed by atoms with Gasteiger partial charge in [-0.05, 0) is 37.5 Å². The molecule has 0 aromatic rings. The summed E-state index contributed by atoms with van der Waals surface area (Å²) in [6.07, 6.45) is 7.48. The fourth-order valence-electron chi connectivity index (χ4n) is 2.90. The van der Waals surface area contributed by atoms with E-state index in [0.29, 0.717) is 11.5 Å². The molecule has 2 aliphatic carbocycles. The molecule has 2 nitrogen and oxygen atoms in total. The second-order valence-corrected chi connectivity index (χ2v) is 4.52. The number of hydrogen-bond donors (Lipinski definition) is 1. The van der Waals surface area contributed by atoms with E-state index in [4.69, 9.17) is 4.74 Å². The van der Waals surface area contributed by atoms with Gasteiger partial charge in [0.05, 0.1) is 12.2 Å². The molecule has 2 aliphatic rings. The highest BCUT2D eigenvalue weighted by molar-refractivity contribution is 4.97. The van der Waals surface area contributed by atoms with Crippen LogP contribution in [0.15, 0.2) is 0 Å². The third kappa shape index (κ3) is 1.38. The van der Waals surface area contributed by atoms with Crippen LogP contribution in [0.1, 0.15) is 38.5 Å². The van der Waals surface area contributed by atoms with Gasteiger partial charge < -0.3 is 9.84 Å². The first-order valence-electron chi connectivity index (χ1n) is 4.95. The van der Waals surface area contributed by atoms with Crippen molar-refractivity contribution in [2.24, 2.45) is 5.41 Å². The second-order valence-electron chi connectivity index (χ2n) is 4.52. The molecule has 0 aromatic heterocycles. The summed E-state index contributed by atoms with van der Waals surface area (Å²) < 4.78 is 5.38. The smallest absolute Gasteiger partial charge is 0.0576 e. The molecular weight excluding hydrogens is 152 g/mol. The Kier molecular flexibility index (Phi) is 2.13. The lowest BCUT2D eigenvalue weighted by Crippen LogP contribution is -2.45. The van der Waals surface area contributed by atoms with Gasteiger partial charge in [0.15, 0.2) is 0 Å². The molecule has 1 unspecified atom stereocenters. The number of ether oxygens (including phenoxy) is 1. The fourth-order valence-corrected chi connectivity index (χ4v) is 2.90. The number of aliphatic hydroxyl groups is 1. The molecule has 12 heavy (non-hydrogen) atoms. The highest BCUT2D eigenvalue weighted by Gasteiger charge is 2.46. The number of aliphatic hydroxyl groups excluding tert-OH is 1. The van der Waals surface area contributed by atoms with Crippen LogP contribution in [0.2, 0.25) is 0 Å². The molecule has 70 valence electrons. The Morgan fingerprint density at radius 3 is 2.67 bits per heavy atom. The van der Waals surface area contributed by atoms with Gasteiger partial charge in [0, 0.05) is 7.11 Å². The van der Waals surface area contributed by atoms with Crippen LogP contribution < -0.4 is 0 Å². The molecule has 1 N–H and O–H groups in total. The second kappa shape index (κ2) is 3.00. The first-order valence-corrected chi connectivity index (χ1v) is 4.95. The maximum absolute atomic E-state index is 9.28. The molecule has 2 heteroatoms. The Hall–Kier alpha value is -0.0800. The lowest BCUT2D eigenvalue weighted by Gasteiger charge is -2.50. The van der Waals surface area contributed by atoms with Crippen molar-refractivity contribution in [2.45, 2.75) is 50.7 Å². The molecule has 0 saturated heterocycles. The summed E-state index contributed by atoms with van der Waals surface area (Å²) in [7, 11) is 1.80. The Morgan fingerprint density at radius 2 is 2.08 bits per heavy atom. The summed E-state index contributed by atoms with van der Waals surface area (Å²) in [5, 5.41) is 9.28. The van der Waals surface area contributed by atoms with Gasteiger partial charge in [0.2, 0.25) is 0 Å². The molecule has 2 fully saturated rings. The lowest BCUT2D eigenvalue weighted by atomic mass is 9.59. The third-order valence-electron chi connectivity index (χ3n) is 3.56. The molecule has 0 heterocycles. The van der Waals surface area contributed by atoms with E-state index < -0.39 is 0 Å². The maximum Gasteiger partial charge on any atom is 0.0576 e. The van der Waals surface area contributed by atoms with Gasteiger partial charge in [-0.1, -0.05) is 6.42 Å². The molecule has 0 bridgehead atoms. The van der Waals surface area contributed by atoms with E-state index in [-0.39, 0.29) is 6.10 Å². The van der Waals surface area contributed by atoms with Crippen LogP contribution in [-0.2, 0) is 4.74 Å². The van der Waals surface area contributed by atoms with Crippen LogP contribution in [0.5, 0.6) is 0 Å². The summed E-state index contributed by atoms with van der Waals surface area (Å²) >= 11 is 0. The first-order chi connectivity index (χ1) is 5.74. The van der Waals surface area contributed by atoms with Crippen molar-refractivity contribution in [3.05, 3.63) is 0 Å². The monoisotopic (exact) mass is 170 g/mol. The topological polar surface area (TPSA) is 29.5 Å². The van der Waals surface area contributed by atoms with E-state index in [0.717, 1.165) is 12.8 Å². The maximum atomic E-state index is 9.28. The Balaban J connectivity index is 1.91. The number of methoxy groups -OCH3 is 1. The molecule has 1 spiro atoms. The summed E-state index contributed by atoms with van der Waals surface area (Å²) in [5.41, 5.74) is 0.471. The van der Waals surface area contributed by atoms with Crippen LogP contribution in [0.25, 0.3) is 0 Å². The Morgan fingerprint density at radius 1 is 1.33 bits per heavy atom. The van der Waals surface area contributed by atoms with E-state index in [1.54, 1.807) is 7.11 Å². The van der Waals surface area contributed by atoms with E-state index >= 15 is 0 Å². The van der Waals surface area contributed by atoms with Crippen LogP contribution in [0.4, 0.5) is 0 Å². The molecule has 0 aromatic carbocycles. The van der Waals surface area contributed by atoms with E-state index in [1.165, 1.54) is 25.7 Å². The summed E-state index contributed by atoms with van der Waals surface area (Å²) in [6, 6.07) is 0. The zero-order chi connectivity index (χ0) is 8.60. The minimum atomic E-state index is -0.0133. The van der Waals surface area contributed by atoms with Gasteiger partial charge in [0.25, 0.3) is 0 Å². The third-order valence-corrected chi connectivity index (χ3v) is 3.56. The van der Waals surface area contributed by atoms with Gasteiger partial charge in [0.1, 0.15) is 0 Å². The highest BCUT2D eigenvalue weighted by atomic mass is 16.5. The summed E-state index contributed by atoms with van der Waals surface area (Å²) in [5.74, 6) is 0. The average Bonchev–Trinajstić information content (AvgIpc) is 2.02. The van der Waals surface area contributed by atoms with Crippen LogP contribution in [-0.4, -0.2) is 24.4 Å². The molecule has 0 aliphatic heterocycles. The number of hydrogen-bond acceptors (Lipinski definition) is 2. The zero-order valence-electron chi connectivity index (χ0n) is 7.75. The standard InChI is InChI=1S/C10H18O2/c1-12-9-3-2-4-10(7-9)5-8(11)6-10/h8-9,11H,2-7H2,1H3. The van der Waals surface area contributed by atoms with Gasteiger partial charge >= 0.3 is 0 Å². The predicted molar refractivity (Wildman–Crippen MR) is 46.9 cm³/mol. The summed E-state index contributed by atoms with van der Waals surface area (Å²) in [6.45, 7) is 0. The molecular formula is C10H18O2. The molecule has 2 saturated carbocycles. The van der Waals surface area contributed by atoms with Crippen LogP contribution >= 0.6 is 0 Å². The largest absolute Gasteiger partial charge is 0.393 e. The van der Waals surface area contributed by atoms with Crippen molar-refractivity contribution in [1.29, 1.82) is 0 Å². The van der Waals surface area contributed by atoms with Crippen molar-refractivity contribution in [1.82, 2.24) is 0 Å².